The molecule has 7 N–H and O–H groups in total. The second kappa shape index (κ2) is 12.4. The van der Waals surface area contributed by atoms with Gasteiger partial charge in [0.15, 0.2) is 0 Å². The van der Waals surface area contributed by atoms with Crippen molar-refractivity contribution in [3.63, 3.8) is 0 Å². The van der Waals surface area contributed by atoms with Crippen molar-refractivity contribution in [2.24, 2.45) is 5.84 Å². The van der Waals surface area contributed by atoms with Crippen molar-refractivity contribution in [3.05, 3.63) is 58.7 Å². The normalized spacial score (nSPS) is 9.94. The number of carboxylic acids is 2. The molecular formula is C21H29ClN4O6. The van der Waals surface area contributed by atoms with Crippen LogP contribution in [-0.2, 0) is 4.74 Å². The molecule has 0 saturated carbocycles. The van der Waals surface area contributed by atoms with Crippen LogP contribution in [0.4, 0.5) is 16.2 Å². The molecule has 0 saturated heterocycles. The van der Waals surface area contributed by atoms with E-state index in [4.69, 9.17) is 20.8 Å². The summed E-state index contributed by atoms with van der Waals surface area (Å²) >= 11 is 0. The first-order valence-electron chi connectivity index (χ1n) is 9.23. The summed E-state index contributed by atoms with van der Waals surface area (Å²) < 4.78 is 5.05. The number of amides is 1. The fourth-order valence-electron chi connectivity index (χ4n) is 2.22. The van der Waals surface area contributed by atoms with E-state index >= 15 is 0 Å². The van der Waals surface area contributed by atoms with Crippen LogP contribution >= 0.6 is 12.4 Å². The number of rotatable bonds is 5. The number of ether oxygens (including phenoxy) is 1. The zero-order valence-electron chi connectivity index (χ0n) is 18.5. The van der Waals surface area contributed by atoms with Crippen molar-refractivity contribution < 1.29 is 29.3 Å². The summed E-state index contributed by atoms with van der Waals surface area (Å²) in [6, 6.07) is 9.34. The predicted octanol–water partition coefficient (Wildman–Crippen LogP) is 3.95. The van der Waals surface area contributed by atoms with E-state index in [0.717, 1.165) is 11.1 Å². The Hall–Kier alpha value is -3.50. The van der Waals surface area contributed by atoms with Crippen LogP contribution in [0.3, 0.4) is 0 Å². The lowest BCUT2D eigenvalue weighted by Gasteiger charge is -2.20. The number of hydrazine groups is 2. The monoisotopic (exact) mass is 468 g/mol. The molecule has 11 heteroatoms. The van der Waals surface area contributed by atoms with Gasteiger partial charge in [-0.15, -0.1) is 12.4 Å². The van der Waals surface area contributed by atoms with Crippen molar-refractivity contribution in [1.29, 1.82) is 0 Å². The molecule has 32 heavy (non-hydrogen) atoms. The van der Waals surface area contributed by atoms with E-state index in [9.17, 15) is 14.4 Å². The summed E-state index contributed by atoms with van der Waals surface area (Å²) in [5.74, 6) is 3.20. The number of nitrogens with one attached hydrogen (secondary N) is 3. The lowest BCUT2D eigenvalue weighted by atomic mass is 10.1. The standard InChI is InChI=1S/C13H18N2O4.C8H10N2O2.ClH/c1-8-5-6-9(11(16)17)7-10(8)14-15-12(18)19-13(2,3)4;1-5-2-3-6(8(11)12)4-7(5)10-9;/h5-7,14H,1-4H3,(H,15,18)(H,16,17);2-4,10H,9H2,1H3,(H,11,12);1H. The molecule has 2 aromatic rings. The number of hydrogen-bond acceptors (Lipinski definition) is 7. The Morgan fingerprint density at radius 1 is 0.875 bits per heavy atom. The van der Waals surface area contributed by atoms with E-state index in [-0.39, 0.29) is 23.5 Å². The van der Waals surface area contributed by atoms with Gasteiger partial charge in [-0.25, -0.2) is 19.8 Å². The summed E-state index contributed by atoms with van der Waals surface area (Å²) in [4.78, 5) is 32.8. The Balaban J connectivity index is 0.000000639. The molecule has 0 radical (unpaired) electrons. The topological polar surface area (TPSA) is 163 Å². The highest BCUT2D eigenvalue weighted by Gasteiger charge is 2.16. The fraction of sp³-hybridized carbons (Fsp3) is 0.286. The van der Waals surface area contributed by atoms with Gasteiger partial charge in [0.25, 0.3) is 0 Å². The minimum atomic E-state index is -1.03. The molecule has 0 aliphatic carbocycles. The molecule has 0 unspecified atom stereocenters. The van der Waals surface area contributed by atoms with Gasteiger partial charge >= 0.3 is 18.0 Å². The molecule has 0 bridgehead atoms. The van der Waals surface area contributed by atoms with Gasteiger partial charge in [0, 0.05) is 0 Å². The molecule has 176 valence electrons. The molecular weight excluding hydrogens is 440 g/mol. The Bertz CT molecular complexity index is 960. The summed E-state index contributed by atoms with van der Waals surface area (Å²) in [6.45, 7) is 8.90. The number of carbonyl (C=O) groups is 3. The third-order valence-electron chi connectivity index (χ3n) is 3.82. The van der Waals surface area contributed by atoms with Crippen molar-refractivity contribution >= 4 is 41.8 Å². The van der Waals surface area contributed by atoms with Crippen LogP contribution in [-0.4, -0.2) is 33.8 Å². The number of carbonyl (C=O) groups excluding carboxylic acids is 1. The maximum atomic E-state index is 11.4. The minimum absolute atomic E-state index is 0. The van der Waals surface area contributed by atoms with E-state index in [0.29, 0.717) is 11.4 Å². The van der Waals surface area contributed by atoms with Gasteiger partial charge in [0.2, 0.25) is 0 Å². The maximum Gasteiger partial charge on any atom is 0.426 e. The van der Waals surface area contributed by atoms with Crippen LogP contribution in [0.15, 0.2) is 36.4 Å². The van der Waals surface area contributed by atoms with Gasteiger partial charge in [0.1, 0.15) is 5.60 Å². The number of aryl methyl sites for hydroxylation is 2. The molecule has 0 aliphatic rings. The van der Waals surface area contributed by atoms with Gasteiger partial charge in [-0.3, -0.25) is 11.3 Å². The van der Waals surface area contributed by atoms with Gasteiger partial charge < -0.3 is 20.4 Å². The van der Waals surface area contributed by atoms with Crippen LogP contribution in [0.5, 0.6) is 0 Å². The quantitative estimate of drug-likeness (QED) is 0.281. The number of nitrogens with two attached hydrogens (primary N) is 1. The molecule has 0 aromatic heterocycles. The smallest absolute Gasteiger partial charge is 0.426 e. The molecule has 1 amide bonds. The zero-order valence-corrected chi connectivity index (χ0v) is 19.3. The number of hydrogen-bond donors (Lipinski definition) is 6. The Labute approximate surface area is 192 Å². The Morgan fingerprint density at radius 2 is 1.31 bits per heavy atom. The summed E-state index contributed by atoms with van der Waals surface area (Å²) in [5.41, 5.74) is 10.1. The number of benzene rings is 2. The number of aromatic carboxylic acids is 2. The molecule has 0 heterocycles. The largest absolute Gasteiger partial charge is 0.478 e. The maximum absolute atomic E-state index is 11.4. The van der Waals surface area contributed by atoms with Gasteiger partial charge in [-0.1, -0.05) is 12.1 Å². The third-order valence-corrected chi connectivity index (χ3v) is 3.82. The van der Waals surface area contributed by atoms with Gasteiger partial charge in [0.05, 0.1) is 22.5 Å². The first-order chi connectivity index (χ1) is 14.3. The van der Waals surface area contributed by atoms with Gasteiger partial charge in [-0.2, -0.15) is 0 Å². The van der Waals surface area contributed by atoms with E-state index in [1.165, 1.54) is 18.2 Å². The average molecular weight is 469 g/mol. The van der Waals surface area contributed by atoms with Gasteiger partial charge in [-0.05, 0) is 70.0 Å². The lowest BCUT2D eigenvalue weighted by molar-refractivity contribution is 0.0540. The predicted molar refractivity (Wildman–Crippen MR) is 124 cm³/mol. The van der Waals surface area contributed by atoms with Crippen molar-refractivity contribution in [3.8, 4) is 0 Å². The molecule has 2 rings (SSSR count). The Kier molecular flexibility index (Phi) is 11.0. The summed E-state index contributed by atoms with van der Waals surface area (Å²) in [6.07, 6.45) is -0.632. The average Bonchev–Trinajstić information content (AvgIpc) is 2.66. The molecule has 0 spiro atoms. The van der Waals surface area contributed by atoms with Crippen molar-refractivity contribution in [1.82, 2.24) is 5.43 Å². The number of carboxylic acid groups (broad SMARTS) is 2. The highest BCUT2D eigenvalue weighted by atomic mass is 35.5. The zero-order chi connectivity index (χ0) is 23.8. The van der Waals surface area contributed by atoms with E-state index < -0.39 is 23.6 Å². The van der Waals surface area contributed by atoms with Crippen LogP contribution < -0.4 is 22.1 Å². The van der Waals surface area contributed by atoms with Crippen molar-refractivity contribution in [2.45, 2.75) is 40.2 Å². The van der Waals surface area contributed by atoms with E-state index in [1.807, 2.05) is 6.92 Å². The lowest BCUT2D eigenvalue weighted by Crippen LogP contribution is -2.36. The molecule has 2 aromatic carbocycles. The van der Waals surface area contributed by atoms with E-state index in [2.05, 4.69) is 16.3 Å². The SMILES string of the molecule is Cc1ccc(C(=O)O)cc1NN.Cc1ccc(C(=O)O)cc1NNC(=O)OC(C)(C)C.Cl. The third kappa shape index (κ3) is 9.54. The van der Waals surface area contributed by atoms with Crippen LogP contribution in [0.25, 0.3) is 0 Å². The Morgan fingerprint density at radius 3 is 1.72 bits per heavy atom. The molecule has 0 aliphatic heterocycles. The van der Waals surface area contributed by atoms with Crippen LogP contribution in [0, 0.1) is 13.8 Å². The first kappa shape index (κ1) is 28.5. The second-order valence-electron chi connectivity index (χ2n) is 7.57. The minimum Gasteiger partial charge on any atom is -0.478 e. The second-order valence-corrected chi connectivity index (χ2v) is 7.57. The summed E-state index contributed by atoms with van der Waals surface area (Å²) in [7, 11) is 0. The van der Waals surface area contributed by atoms with Crippen LogP contribution in [0.1, 0.15) is 52.6 Å². The first-order valence-corrected chi connectivity index (χ1v) is 9.23. The number of anilines is 2. The fourth-order valence-corrected chi connectivity index (χ4v) is 2.22. The number of nitrogen functional groups attached to an aromatic ring is 1. The van der Waals surface area contributed by atoms with Crippen LogP contribution in [0.2, 0.25) is 0 Å². The summed E-state index contributed by atoms with van der Waals surface area (Å²) in [5, 5.41) is 17.5. The highest BCUT2D eigenvalue weighted by Crippen LogP contribution is 2.17. The molecule has 10 nitrogen and oxygen atoms in total. The highest BCUT2D eigenvalue weighted by molar-refractivity contribution is 5.89. The van der Waals surface area contributed by atoms with Crippen molar-refractivity contribution in [2.75, 3.05) is 10.9 Å². The molecule has 0 atom stereocenters. The number of halogens is 1. The molecule has 0 fully saturated rings. The van der Waals surface area contributed by atoms with E-state index in [1.54, 1.807) is 45.9 Å².